The van der Waals surface area contributed by atoms with Crippen LogP contribution in [-0.2, 0) is 0 Å². The van der Waals surface area contributed by atoms with Crippen LogP contribution in [0.3, 0.4) is 0 Å². The zero-order valence-electron chi connectivity index (χ0n) is 17.7. The minimum Gasteiger partial charge on any atom is -0.396 e. The van der Waals surface area contributed by atoms with Crippen molar-refractivity contribution in [3.05, 3.63) is 27.7 Å². The first kappa shape index (κ1) is 6.11. The van der Waals surface area contributed by atoms with Crippen LogP contribution in [0.1, 0.15) is 44.6 Å². The van der Waals surface area contributed by atoms with Crippen molar-refractivity contribution in [2.24, 2.45) is 0 Å². The summed E-state index contributed by atoms with van der Waals surface area (Å²) in [6, 6.07) is 2.52. The number of rotatable bonds is 3. The molecule has 3 nitrogen and oxygen atoms in total. The van der Waals surface area contributed by atoms with E-state index in [4.69, 9.17) is 41.3 Å². The number of nitrogens with two attached hydrogens (primary N) is 1. The molecule has 0 heterocycles. The van der Waals surface area contributed by atoms with E-state index in [0.29, 0.717) is 0 Å². The minimum atomic E-state index is -3.42. The zero-order chi connectivity index (χ0) is 20.7. The van der Waals surface area contributed by atoms with Gasteiger partial charge < -0.3 is 16.2 Å². The zero-order valence-corrected chi connectivity index (χ0v) is 10.2. The standard InChI is InChI=1S/C12H18Cl2N2O/c1-12(2,3)16-6-10(17)7-4-8(13)11(15)9(14)5-7/h4-5,10,16-17H,6,15H2,1-3H3/i1D3,2D3,3D3. The first-order valence-corrected chi connectivity index (χ1v) is 5.39. The molecule has 5 heteroatoms. The quantitative estimate of drug-likeness (QED) is 0.749. The summed E-state index contributed by atoms with van der Waals surface area (Å²) in [5.74, 6) is 0. The SMILES string of the molecule is [2H]C([2H])([2H])C(NCC(O)c1cc(Cl)c(N)c(Cl)c1)(C([2H])([2H])[2H])C([2H])([2H])[2H]. The number of hydrogen-bond acceptors (Lipinski definition) is 3. The Morgan fingerprint density at radius 3 is 2.41 bits per heavy atom. The molecule has 1 aromatic rings. The van der Waals surface area contributed by atoms with Crippen molar-refractivity contribution < 1.29 is 17.4 Å². The number of nitrogens with one attached hydrogen (secondary N) is 1. The molecule has 0 fully saturated rings. The van der Waals surface area contributed by atoms with Crippen molar-refractivity contribution >= 4 is 28.9 Å². The molecule has 0 aliphatic rings. The molecule has 0 saturated heterocycles. The summed E-state index contributed by atoms with van der Waals surface area (Å²) in [7, 11) is 0. The lowest BCUT2D eigenvalue weighted by molar-refractivity contribution is 0.163. The van der Waals surface area contributed by atoms with Crippen molar-refractivity contribution in [3.63, 3.8) is 0 Å². The molecule has 1 aromatic carbocycles. The number of halogens is 2. The number of benzene rings is 1. The van der Waals surface area contributed by atoms with E-state index in [-0.39, 0.29) is 21.3 Å². The topological polar surface area (TPSA) is 58.3 Å². The molecule has 1 atom stereocenters. The third kappa shape index (κ3) is 4.36. The van der Waals surface area contributed by atoms with Gasteiger partial charge in [0.05, 0.1) is 21.8 Å². The molecular formula is C12H18Cl2N2O. The second kappa shape index (κ2) is 5.44. The molecule has 1 rings (SSSR count). The first-order valence-electron chi connectivity index (χ1n) is 9.13. The van der Waals surface area contributed by atoms with Gasteiger partial charge in [-0.15, -0.1) is 0 Å². The van der Waals surface area contributed by atoms with E-state index in [1.54, 1.807) is 0 Å². The number of hydrogen-bond donors (Lipinski definition) is 3. The molecule has 0 radical (unpaired) electrons. The third-order valence-electron chi connectivity index (χ3n) is 2.05. The second-order valence-electron chi connectivity index (χ2n) is 3.54. The predicted octanol–water partition coefficient (Wildman–Crippen LogP) is 3.00. The fraction of sp³-hybridized carbons (Fsp3) is 0.500. The Kier molecular flexibility index (Phi) is 1.96. The van der Waals surface area contributed by atoms with Crippen LogP contribution in [0, 0.1) is 0 Å². The molecule has 0 saturated carbocycles. The van der Waals surface area contributed by atoms with Crippen LogP contribution in [0.25, 0.3) is 0 Å². The van der Waals surface area contributed by atoms with Gasteiger partial charge in [-0.25, -0.2) is 0 Å². The number of aliphatic hydroxyl groups excluding tert-OH is 1. The maximum atomic E-state index is 10.2. The Morgan fingerprint density at radius 2 is 1.94 bits per heavy atom. The first-order chi connectivity index (χ1) is 11.5. The maximum Gasteiger partial charge on any atom is 0.0915 e. The van der Waals surface area contributed by atoms with E-state index in [1.165, 1.54) is 12.1 Å². The average molecular weight is 286 g/mol. The van der Waals surface area contributed by atoms with Gasteiger partial charge in [0.25, 0.3) is 0 Å². The van der Waals surface area contributed by atoms with Crippen molar-refractivity contribution in [2.75, 3.05) is 12.3 Å². The van der Waals surface area contributed by atoms with Crippen LogP contribution < -0.4 is 11.1 Å². The van der Waals surface area contributed by atoms with Gasteiger partial charge in [0, 0.05) is 24.4 Å². The highest BCUT2D eigenvalue weighted by molar-refractivity contribution is 6.38. The molecule has 0 bridgehead atoms. The van der Waals surface area contributed by atoms with E-state index in [2.05, 4.69) is 0 Å². The highest BCUT2D eigenvalue weighted by Crippen LogP contribution is 2.31. The normalized spacial score (nSPS) is 23.8. The summed E-state index contributed by atoms with van der Waals surface area (Å²) in [4.78, 5) is 0. The van der Waals surface area contributed by atoms with Crippen LogP contribution in [0.15, 0.2) is 12.1 Å². The van der Waals surface area contributed by atoms with E-state index in [1.807, 2.05) is 5.32 Å². The van der Waals surface area contributed by atoms with Gasteiger partial charge in [0.2, 0.25) is 0 Å². The Balaban J connectivity index is 3.27. The lowest BCUT2D eigenvalue weighted by Gasteiger charge is -2.23. The van der Waals surface area contributed by atoms with Gasteiger partial charge in [0.1, 0.15) is 0 Å². The molecule has 17 heavy (non-hydrogen) atoms. The number of nitrogen functional groups attached to an aromatic ring is 1. The Hall–Kier alpha value is -0.480. The largest absolute Gasteiger partial charge is 0.396 e. The van der Waals surface area contributed by atoms with E-state index < -0.39 is 38.7 Å². The molecule has 4 N–H and O–H groups in total. The van der Waals surface area contributed by atoms with Crippen molar-refractivity contribution in [1.29, 1.82) is 0 Å². The van der Waals surface area contributed by atoms with Crippen molar-refractivity contribution in [2.45, 2.75) is 32.2 Å². The van der Waals surface area contributed by atoms with Gasteiger partial charge >= 0.3 is 0 Å². The van der Waals surface area contributed by atoms with Crippen LogP contribution in [0.5, 0.6) is 0 Å². The fourth-order valence-electron chi connectivity index (χ4n) is 1.16. The average Bonchev–Trinajstić information content (AvgIpc) is 2.39. The molecule has 0 spiro atoms. The van der Waals surface area contributed by atoms with E-state index >= 15 is 0 Å². The van der Waals surface area contributed by atoms with Crippen LogP contribution >= 0.6 is 23.2 Å². The van der Waals surface area contributed by atoms with Gasteiger partial charge in [0.15, 0.2) is 0 Å². The van der Waals surface area contributed by atoms with Gasteiger partial charge in [-0.05, 0) is 38.3 Å². The molecule has 96 valence electrons. The van der Waals surface area contributed by atoms with Crippen LogP contribution in [0.2, 0.25) is 10.0 Å². The van der Waals surface area contributed by atoms with E-state index in [9.17, 15) is 5.11 Å². The van der Waals surface area contributed by atoms with Gasteiger partial charge in [-0.3, -0.25) is 0 Å². The molecule has 0 aliphatic heterocycles. The summed E-state index contributed by atoms with van der Waals surface area (Å²) in [5, 5.41) is 12.4. The molecule has 0 aromatic heterocycles. The Morgan fingerprint density at radius 1 is 1.41 bits per heavy atom. The van der Waals surface area contributed by atoms with E-state index in [0.717, 1.165) is 0 Å². The summed E-state index contributed by atoms with van der Waals surface area (Å²) in [6.07, 6.45) is -1.49. The predicted molar refractivity (Wildman–Crippen MR) is 73.6 cm³/mol. The number of aliphatic hydroxyl groups is 1. The minimum absolute atomic E-state index is 0.0280. The maximum absolute atomic E-state index is 10.2. The number of anilines is 1. The second-order valence-corrected chi connectivity index (χ2v) is 4.36. The lowest BCUT2D eigenvalue weighted by atomic mass is 10.1. The fourth-order valence-corrected chi connectivity index (χ4v) is 1.67. The summed E-state index contributed by atoms with van der Waals surface area (Å²) in [5.41, 5.74) is 2.52. The Labute approximate surface area is 125 Å². The van der Waals surface area contributed by atoms with Crippen molar-refractivity contribution in [3.8, 4) is 0 Å². The third-order valence-corrected chi connectivity index (χ3v) is 2.67. The van der Waals surface area contributed by atoms with Crippen LogP contribution in [-0.4, -0.2) is 17.2 Å². The highest BCUT2D eigenvalue weighted by Gasteiger charge is 2.15. The molecular weight excluding hydrogens is 259 g/mol. The van der Waals surface area contributed by atoms with Crippen LogP contribution in [0.4, 0.5) is 5.69 Å². The lowest BCUT2D eigenvalue weighted by Crippen LogP contribution is -2.38. The smallest absolute Gasteiger partial charge is 0.0915 e. The molecule has 1 unspecified atom stereocenters. The van der Waals surface area contributed by atoms with Crippen molar-refractivity contribution in [1.82, 2.24) is 5.32 Å². The highest BCUT2D eigenvalue weighted by atomic mass is 35.5. The Bertz CT molecular complexity index is 599. The molecule has 0 amide bonds. The number of β-amino-alcohol motifs (C(OH)–C–C–N with tert-alkyl or cyclic N) is 1. The summed E-state index contributed by atoms with van der Waals surface area (Å²) >= 11 is 11.7. The van der Waals surface area contributed by atoms with Gasteiger partial charge in [-0.2, -0.15) is 0 Å². The summed E-state index contributed by atoms with van der Waals surface area (Å²) < 4.78 is 67.5. The summed E-state index contributed by atoms with van der Waals surface area (Å²) in [6.45, 7) is -10.9. The molecule has 0 aliphatic carbocycles. The monoisotopic (exact) mass is 285 g/mol. The van der Waals surface area contributed by atoms with Gasteiger partial charge in [-0.1, -0.05) is 23.2 Å².